The summed E-state index contributed by atoms with van der Waals surface area (Å²) in [6.07, 6.45) is 3.33. The van der Waals surface area contributed by atoms with Gasteiger partial charge in [-0.15, -0.1) is 0 Å². The summed E-state index contributed by atoms with van der Waals surface area (Å²) in [7, 11) is 1.75. The van der Waals surface area contributed by atoms with Gasteiger partial charge in [-0.2, -0.15) is 0 Å². The van der Waals surface area contributed by atoms with Crippen molar-refractivity contribution in [2.24, 2.45) is 0 Å². The molecule has 0 aliphatic carbocycles. The second kappa shape index (κ2) is 7.79. The number of hydrogen-bond donors (Lipinski definition) is 1. The molecule has 1 aromatic carbocycles. The van der Waals surface area contributed by atoms with E-state index in [1.807, 2.05) is 6.92 Å². The van der Waals surface area contributed by atoms with Gasteiger partial charge in [-0.3, -0.25) is 0 Å². The second-order valence-electron chi connectivity index (χ2n) is 5.71. The third-order valence-corrected chi connectivity index (χ3v) is 4.17. The molecule has 1 fully saturated rings. The van der Waals surface area contributed by atoms with Crippen molar-refractivity contribution < 1.29 is 13.9 Å². The molecular weight excluding hydrogens is 307 g/mol. The van der Waals surface area contributed by atoms with Gasteiger partial charge < -0.3 is 15.0 Å². The lowest BCUT2D eigenvalue weighted by Gasteiger charge is -2.28. The second-order valence-corrected chi connectivity index (χ2v) is 6.12. The van der Waals surface area contributed by atoms with Gasteiger partial charge in [-0.1, -0.05) is 17.7 Å². The van der Waals surface area contributed by atoms with Crippen molar-refractivity contribution in [3.8, 4) is 0 Å². The Morgan fingerprint density at radius 1 is 1.55 bits per heavy atom. The third-order valence-electron chi connectivity index (χ3n) is 3.88. The highest BCUT2D eigenvalue weighted by Crippen LogP contribution is 2.21. The van der Waals surface area contributed by atoms with Gasteiger partial charge in [0.2, 0.25) is 0 Å². The molecule has 0 radical (unpaired) electrons. The molecule has 1 saturated heterocycles. The number of rotatable bonds is 4. The van der Waals surface area contributed by atoms with Crippen molar-refractivity contribution in [3.63, 3.8) is 0 Å². The number of hydrogen-bond acceptors (Lipinski definition) is 2. The molecule has 2 rings (SSSR count). The van der Waals surface area contributed by atoms with Crippen molar-refractivity contribution in [2.75, 3.05) is 20.2 Å². The number of carbonyl (C=O) groups is 1. The minimum absolute atomic E-state index is 0.0579. The number of likely N-dealkylation sites (N-methyl/N-ethyl adjacent to an activating group) is 1. The van der Waals surface area contributed by atoms with Crippen LogP contribution in [0.1, 0.15) is 37.8 Å². The number of carbonyl (C=O) groups excluding carboxylic acids is 1. The SMILES string of the molecule is CC(NC(=O)N(C)CC1CCCCO1)c1ccc(F)c(Cl)c1. The summed E-state index contributed by atoms with van der Waals surface area (Å²) >= 11 is 5.77. The standard InChI is InChI=1S/C16H22ClFN2O2/c1-11(12-6-7-15(18)14(17)9-12)19-16(21)20(2)10-13-5-3-4-8-22-13/h6-7,9,11,13H,3-5,8,10H2,1-2H3,(H,19,21). The number of benzene rings is 1. The zero-order chi connectivity index (χ0) is 16.1. The van der Waals surface area contributed by atoms with E-state index in [2.05, 4.69) is 5.32 Å². The fourth-order valence-corrected chi connectivity index (χ4v) is 2.69. The largest absolute Gasteiger partial charge is 0.376 e. The molecule has 4 nitrogen and oxygen atoms in total. The maximum atomic E-state index is 13.2. The Morgan fingerprint density at radius 2 is 2.32 bits per heavy atom. The van der Waals surface area contributed by atoms with Gasteiger partial charge in [0, 0.05) is 20.2 Å². The van der Waals surface area contributed by atoms with Crippen LogP contribution in [0.2, 0.25) is 5.02 Å². The van der Waals surface area contributed by atoms with E-state index in [0.29, 0.717) is 6.54 Å². The summed E-state index contributed by atoms with van der Waals surface area (Å²) in [5.74, 6) is -0.462. The van der Waals surface area contributed by atoms with Crippen LogP contribution < -0.4 is 5.32 Å². The summed E-state index contributed by atoms with van der Waals surface area (Å²) in [6, 6.07) is 4.03. The Bertz CT molecular complexity index is 521. The van der Waals surface area contributed by atoms with Crippen LogP contribution in [0.25, 0.3) is 0 Å². The molecule has 2 atom stereocenters. The first-order valence-electron chi connectivity index (χ1n) is 7.55. The summed E-state index contributed by atoms with van der Waals surface area (Å²) < 4.78 is 18.8. The predicted molar refractivity (Wildman–Crippen MR) is 84.6 cm³/mol. The van der Waals surface area contributed by atoms with Gasteiger partial charge >= 0.3 is 6.03 Å². The van der Waals surface area contributed by atoms with Crippen LogP contribution in [0.4, 0.5) is 9.18 Å². The van der Waals surface area contributed by atoms with Crippen LogP contribution in [0, 0.1) is 5.82 Å². The van der Waals surface area contributed by atoms with Crippen LogP contribution in [-0.2, 0) is 4.74 Å². The first-order chi connectivity index (χ1) is 10.5. The van der Waals surface area contributed by atoms with E-state index in [0.717, 1.165) is 31.4 Å². The average molecular weight is 329 g/mol. The van der Waals surface area contributed by atoms with Gasteiger partial charge in [0.1, 0.15) is 5.82 Å². The topological polar surface area (TPSA) is 41.6 Å². The van der Waals surface area contributed by atoms with E-state index in [9.17, 15) is 9.18 Å². The molecule has 1 aliphatic heterocycles. The highest BCUT2D eigenvalue weighted by atomic mass is 35.5. The van der Waals surface area contributed by atoms with E-state index >= 15 is 0 Å². The van der Waals surface area contributed by atoms with Crippen LogP contribution in [0.15, 0.2) is 18.2 Å². The number of nitrogens with zero attached hydrogens (tertiary/aromatic N) is 1. The van der Waals surface area contributed by atoms with E-state index in [4.69, 9.17) is 16.3 Å². The minimum atomic E-state index is -0.462. The zero-order valence-electron chi connectivity index (χ0n) is 12.9. The predicted octanol–water partition coefficient (Wildman–Crippen LogP) is 3.75. The molecular formula is C16H22ClFN2O2. The highest BCUT2D eigenvalue weighted by molar-refractivity contribution is 6.30. The molecule has 22 heavy (non-hydrogen) atoms. The first-order valence-corrected chi connectivity index (χ1v) is 7.93. The smallest absolute Gasteiger partial charge is 0.317 e. The molecule has 6 heteroatoms. The molecule has 122 valence electrons. The summed E-state index contributed by atoms with van der Waals surface area (Å²) in [4.78, 5) is 13.8. The number of halogens is 2. The lowest BCUT2D eigenvalue weighted by molar-refractivity contribution is 0.00374. The quantitative estimate of drug-likeness (QED) is 0.914. The van der Waals surface area contributed by atoms with E-state index in [-0.39, 0.29) is 23.2 Å². The van der Waals surface area contributed by atoms with E-state index < -0.39 is 5.82 Å². The molecule has 1 N–H and O–H groups in total. The Kier molecular flexibility index (Phi) is 6.03. The maximum Gasteiger partial charge on any atom is 0.317 e. The Hall–Kier alpha value is -1.33. The van der Waals surface area contributed by atoms with Gasteiger partial charge in [0.25, 0.3) is 0 Å². The molecule has 0 aromatic heterocycles. The summed E-state index contributed by atoms with van der Waals surface area (Å²) in [5, 5.41) is 2.94. The molecule has 1 aliphatic rings. The lowest BCUT2D eigenvalue weighted by Crippen LogP contribution is -2.43. The third kappa shape index (κ3) is 4.58. The molecule has 0 saturated carbocycles. The van der Waals surface area contributed by atoms with Gasteiger partial charge in [0.15, 0.2) is 0 Å². The fourth-order valence-electron chi connectivity index (χ4n) is 2.50. The number of nitrogens with one attached hydrogen (secondary N) is 1. The van der Waals surface area contributed by atoms with Crippen molar-refractivity contribution in [3.05, 3.63) is 34.6 Å². The monoisotopic (exact) mass is 328 g/mol. The van der Waals surface area contributed by atoms with Crippen molar-refractivity contribution in [1.82, 2.24) is 10.2 Å². The Balaban J connectivity index is 1.87. The van der Waals surface area contributed by atoms with E-state index in [1.165, 1.54) is 12.1 Å². The first kappa shape index (κ1) is 17.0. The molecule has 0 bridgehead atoms. The molecule has 2 amide bonds. The van der Waals surface area contributed by atoms with Gasteiger partial charge in [-0.25, -0.2) is 9.18 Å². The molecule has 1 aromatic rings. The fraction of sp³-hybridized carbons (Fsp3) is 0.562. The summed E-state index contributed by atoms with van der Waals surface area (Å²) in [6.45, 7) is 3.18. The van der Waals surface area contributed by atoms with Gasteiger partial charge in [0.05, 0.1) is 17.2 Å². The molecule has 1 heterocycles. The average Bonchev–Trinajstić information content (AvgIpc) is 2.50. The Morgan fingerprint density at radius 3 is 2.95 bits per heavy atom. The minimum Gasteiger partial charge on any atom is -0.376 e. The van der Waals surface area contributed by atoms with Crippen molar-refractivity contribution >= 4 is 17.6 Å². The Labute approximate surface area is 135 Å². The number of amides is 2. The van der Waals surface area contributed by atoms with Gasteiger partial charge in [-0.05, 0) is 43.9 Å². The van der Waals surface area contributed by atoms with Crippen molar-refractivity contribution in [1.29, 1.82) is 0 Å². The maximum absolute atomic E-state index is 13.2. The van der Waals surface area contributed by atoms with Crippen LogP contribution in [0.5, 0.6) is 0 Å². The lowest BCUT2D eigenvalue weighted by atomic mass is 10.1. The highest BCUT2D eigenvalue weighted by Gasteiger charge is 2.20. The van der Waals surface area contributed by atoms with Crippen LogP contribution >= 0.6 is 11.6 Å². The van der Waals surface area contributed by atoms with Crippen LogP contribution in [-0.4, -0.2) is 37.2 Å². The normalized spacial score (nSPS) is 19.5. The molecule has 0 spiro atoms. The number of ether oxygens (including phenoxy) is 1. The zero-order valence-corrected chi connectivity index (χ0v) is 13.7. The summed E-state index contributed by atoms with van der Waals surface area (Å²) in [5.41, 5.74) is 0.766. The number of urea groups is 1. The molecule has 2 unspecified atom stereocenters. The van der Waals surface area contributed by atoms with Crippen molar-refractivity contribution in [2.45, 2.75) is 38.3 Å². The van der Waals surface area contributed by atoms with Crippen LogP contribution in [0.3, 0.4) is 0 Å². The van der Waals surface area contributed by atoms with E-state index in [1.54, 1.807) is 18.0 Å².